The highest BCUT2D eigenvalue weighted by Gasteiger charge is 2.26. The summed E-state index contributed by atoms with van der Waals surface area (Å²) in [5.74, 6) is 0.681. The number of hydrogen-bond donors (Lipinski definition) is 0. The Labute approximate surface area is 78.9 Å². The maximum atomic E-state index is 11.5. The van der Waals surface area contributed by atoms with Crippen LogP contribution >= 0.6 is 11.6 Å². The number of halogens is 1. The maximum absolute atomic E-state index is 11.5. The molecule has 1 aliphatic heterocycles. The lowest BCUT2D eigenvalue weighted by molar-refractivity contribution is -0.131. The summed E-state index contributed by atoms with van der Waals surface area (Å²) in [6.45, 7) is 3.07. The first-order chi connectivity index (χ1) is 5.79. The molecule has 1 saturated heterocycles. The van der Waals surface area contributed by atoms with E-state index in [9.17, 15) is 4.79 Å². The van der Waals surface area contributed by atoms with Gasteiger partial charge < -0.3 is 4.90 Å². The minimum atomic E-state index is 0.231. The van der Waals surface area contributed by atoms with E-state index in [0.717, 1.165) is 19.4 Å². The molecule has 1 unspecified atom stereocenters. The average Bonchev–Trinajstić information content (AvgIpc) is 2.51. The van der Waals surface area contributed by atoms with Crippen molar-refractivity contribution in [3.63, 3.8) is 0 Å². The molecule has 0 N–H and O–H groups in total. The van der Waals surface area contributed by atoms with Gasteiger partial charge in [0.25, 0.3) is 0 Å². The fourth-order valence-corrected chi connectivity index (χ4v) is 1.97. The zero-order valence-corrected chi connectivity index (χ0v) is 8.31. The SMILES string of the molecule is CCC1CCCN1C(=O)CCCl. The highest BCUT2D eigenvalue weighted by atomic mass is 35.5. The average molecular weight is 190 g/mol. The van der Waals surface area contributed by atoms with Crippen LogP contribution in [0.2, 0.25) is 0 Å². The Balaban J connectivity index is 2.43. The topological polar surface area (TPSA) is 20.3 Å². The second-order valence-electron chi connectivity index (χ2n) is 3.23. The van der Waals surface area contributed by atoms with Crippen LogP contribution in [0, 0.1) is 0 Å². The van der Waals surface area contributed by atoms with E-state index in [2.05, 4.69) is 6.92 Å². The van der Waals surface area contributed by atoms with Gasteiger partial charge in [0, 0.05) is 24.9 Å². The Morgan fingerprint density at radius 1 is 1.67 bits per heavy atom. The van der Waals surface area contributed by atoms with Crippen LogP contribution in [0.25, 0.3) is 0 Å². The van der Waals surface area contributed by atoms with Crippen molar-refractivity contribution >= 4 is 17.5 Å². The molecular weight excluding hydrogens is 174 g/mol. The van der Waals surface area contributed by atoms with E-state index >= 15 is 0 Å². The van der Waals surface area contributed by atoms with E-state index in [1.165, 1.54) is 6.42 Å². The monoisotopic (exact) mass is 189 g/mol. The van der Waals surface area contributed by atoms with Gasteiger partial charge in [-0.15, -0.1) is 11.6 Å². The number of carbonyl (C=O) groups excluding carboxylic acids is 1. The van der Waals surface area contributed by atoms with Crippen molar-refractivity contribution in [1.29, 1.82) is 0 Å². The molecule has 1 amide bonds. The van der Waals surface area contributed by atoms with Gasteiger partial charge in [-0.2, -0.15) is 0 Å². The van der Waals surface area contributed by atoms with Gasteiger partial charge >= 0.3 is 0 Å². The molecular formula is C9H16ClNO. The normalized spacial score (nSPS) is 23.2. The van der Waals surface area contributed by atoms with Gasteiger partial charge in [-0.1, -0.05) is 6.92 Å². The molecule has 3 heteroatoms. The molecule has 1 fully saturated rings. The van der Waals surface area contributed by atoms with Crippen LogP contribution in [0.4, 0.5) is 0 Å². The highest BCUT2D eigenvalue weighted by molar-refractivity contribution is 6.18. The largest absolute Gasteiger partial charge is 0.340 e. The van der Waals surface area contributed by atoms with E-state index in [4.69, 9.17) is 11.6 Å². The molecule has 1 heterocycles. The Kier molecular flexibility index (Phi) is 3.86. The number of likely N-dealkylation sites (tertiary alicyclic amines) is 1. The first-order valence-electron chi connectivity index (χ1n) is 4.65. The molecule has 2 nitrogen and oxygen atoms in total. The number of alkyl halides is 1. The fourth-order valence-electron chi connectivity index (χ4n) is 1.81. The quantitative estimate of drug-likeness (QED) is 0.623. The number of nitrogens with zero attached hydrogens (tertiary/aromatic N) is 1. The summed E-state index contributed by atoms with van der Waals surface area (Å²) >= 11 is 5.52. The lowest BCUT2D eigenvalue weighted by Gasteiger charge is -2.23. The minimum Gasteiger partial charge on any atom is -0.340 e. The predicted molar refractivity (Wildman–Crippen MR) is 50.4 cm³/mol. The predicted octanol–water partition coefficient (Wildman–Crippen LogP) is 2.02. The Morgan fingerprint density at radius 2 is 2.42 bits per heavy atom. The number of amides is 1. The zero-order chi connectivity index (χ0) is 8.97. The van der Waals surface area contributed by atoms with Crippen LogP contribution in [0.3, 0.4) is 0 Å². The van der Waals surface area contributed by atoms with Gasteiger partial charge in [-0.25, -0.2) is 0 Å². The summed E-state index contributed by atoms with van der Waals surface area (Å²) in [5.41, 5.74) is 0. The third-order valence-corrected chi connectivity index (χ3v) is 2.67. The summed E-state index contributed by atoms with van der Waals surface area (Å²) in [4.78, 5) is 13.4. The fraction of sp³-hybridized carbons (Fsp3) is 0.889. The van der Waals surface area contributed by atoms with Crippen LogP contribution in [0.15, 0.2) is 0 Å². The van der Waals surface area contributed by atoms with Gasteiger partial charge in [0.05, 0.1) is 0 Å². The highest BCUT2D eigenvalue weighted by Crippen LogP contribution is 2.20. The summed E-state index contributed by atoms with van der Waals surface area (Å²) in [7, 11) is 0. The summed E-state index contributed by atoms with van der Waals surface area (Å²) in [6, 6.07) is 0.487. The van der Waals surface area contributed by atoms with E-state index in [0.29, 0.717) is 18.3 Å². The van der Waals surface area contributed by atoms with Crippen molar-refractivity contribution < 1.29 is 4.79 Å². The van der Waals surface area contributed by atoms with Crippen LogP contribution in [-0.2, 0) is 4.79 Å². The lowest BCUT2D eigenvalue weighted by Crippen LogP contribution is -2.35. The van der Waals surface area contributed by atoms with Crippen LogP contribution in [0.1, 0.15) is 32.6 Å². The molecule has 0 aromatic heterocycles. The molecule has 1 atom stereocenters. The summed E-state index contributed by atoms with van der Waals surface area (Å²) in [6.07, 6.45) is 3.91. The molecule has 70 valence electrons. The zero-order valence-electron chi connectivity index (χ0n) is 7.55. The van der Waals surface area contributed by atoms with Crippen LogP contribution < -0.4 is 0 Å². The number of hydrogen-bond acceptors (Lipinski definition) is 1. The third kappa shape index (κ3) is 2.13. The number of rotatable bonds is 3. The third-order valence-electron chi connectivity index (χ3n) is 2.48. The molecule has 0 spiro atoms. The smallest absolute Gasteiger partial charge is 0.224 e. The summed E-state index contributed by atoms with van der Waals surface area (Å²) < 4.78 is 0. The molecule has 0 radical (unpaired) electrons. The van der Waals surface area contributed by atoms with Crippen molar-refractivity contribution in [1.82, 2.24) is 4.90 Å². The van der Waals surface area contributed by atoms with Crippen molar-refractivity contribution in [2.75, 3.05) is 12.4 Å². The lowest BCUT2D eigenvalue weighted by atomic mass is 10.1. The van der Waals surface area contributed by atoms with Crippen molar-refractivity contribution in [3.8, 4) is 0 Å². The molecule has 0 aromatic carbocycles. The van der Waals surface area contributed by atoms with Crippen molar-refractivity contribution in [3.05, 3.63) is 0 Å². The Morgan fingerprint density at radius 3 is 3.00 bits per heavy atom. The van der Waals surface area contributed by atoms with E-state index < -0.39 is 0 Å². The van der Waals surface area contributed by atoms with Crippen molar-refractivity contribution in [2.24, 2.45) is 0 Å². The van der Waals surface area contributed by atoms with Gasteiger partial charge in [0.15, 0.2) is 0 Å². The Hall–Kier alpha value is -0.240. The Bertz CT molecular complexity index is 161. The first kappa shape index (κ1) is 9.85. The summed E-state index contributed by atoms with van der Waals surface area (Å²) in [5, 5.41) is 0. The second-order valence-corrected chi connectivity index (χ2v) is 3.61. The van der Waals surface area contributed by atoms with E-state index in [1.807, 2.05) is 4.90 Å². The molecule has 0 bridgehead atoms. The minimum absolute atomic E-state index is 0.231. The second kappa shape index (κ2) is 4.70. The number of carbonyl (C=O) groups is 1. The molecule has 12 heavy (non-hydrogen) atoms. The maximum Gasteiger partial charge on any atom is 0.224 e. The van der Waals surface area contributed by atoms with Crippen LogP contribution in [-0.4, -0.2) is 29.3 Å². The van der Waals surface area contributed by atoms with Crippen LogP contribution in [0.5, 0.6) is 0 Å². The molecule has 1 rings (SSSR count). The molecule has 1 aliphatic rings. The van der Waals surface area contributed by atoms with Gasteiger partial charge in [0.2, 0.25) is 5.91 Å². The van der Waals surface area contributed by atoms with Gasteiger partial charge in [-0.05, 0) is 19.3 Å². The molecule has 0 saturated carbocycles. The van der Waals surface area contributed by atoms with E-state index in [-0.39, 0.29) is 5.91 Å². The standard InChI is InChI=1S/C9H16ClNO/c1-2-8-4-3-7-11(8)9(12)5-6-10/h8H,2-7H2,1H3. The van der Waals surface area contributed by atoms with Crippen molar-refractivity contribution in [2.45, 2.75) is 38.6 Å². The van der Waals surface area contributed by atoms with Gasteiger partial charge in [0.1, 0.15) is 0 Å². The first-order valence-corrected chi connectivity index (χ1v) is 5.18. The van der Waals surface area contributed by atoms with Gasteiger partial charge in [-0.3, -0.25) is 4.79 Å². The molecule has 0 aliphatic carbocycles. The molecule has 0 aromatic rings. The van der Waals surface area contributed by atoms with E-state index in [1.54, 1.807) is 0 Å².